The highest BCUT2D eigenvalue weighted by Crippen LogP contribution is 2.56. The van der Waals surface area contributed by atoms with Crippen molar-refractivity contribution in [2.24, 2.45) is 0 Å². The Kier molecular flexibility index (Phi) is 16.4. The predicted molar refractivity (Wildman–Crippen MR) is 489 cm³/mol. The van der Waals surface area contributed by atoms with E-state index < -0.39 is 0 Å². The van der Waals surface area contributed by atoms with Crippen molar-refractivity contribution < 1.29 is 0 Å². The van der Waals surface area contributed by atoms with Gasteiger partial charge >= 0.3 is 0 Å². The van der Waals surface area contributed by atoms with E-state index in [4.69, 9.17) is 6.57 Å². The Morgan fingerprint density at radius 2 is 0.556 bits per heavy atom. The quantitative estimate of drug-likeness (QED) is 0.0854. The second kappa shape index (κ2) is 28.1. The molecule has 0 bridgehead atoms. The van der Waals surface area contributed by atoms with Gasteiger partial charge in [0.25, 0.3) is 6.71 Å². The third kappa shape index (κ3) is 11.5. The lowest BCUT2D eigenvalue weighted by Crippen LogP contribution is -2.61. The van der Waals surface area contributed by atoms with Crippen LogP contribution in [0.25, 0.3) is 160 Å². The fourth-order valence-corrected chi connectivity index (χ4v) is 18.6. The SMILES string of the molecule is [C-]#[N+]c1ccc(-c2cc(-c3ccccc3)c(N3c4cc(-n5c6ccccc6c6ccccc65)ccc4B4c5ccc(-n6c7ccccc7c7ccccc76)cc5N(c5c(-c6ccccc6)cc(-c6ccc(C#N)cc6)cc5-c5cccc(-c6ccccc6)c5)c5cc(-c6ccccc6)cc3c54)c(-c3cccc(-c4ccccc4)c3)c2)cc1. The summed E-state index contributed by atoms with van der Waals surface area (Å²) in [4.78, 5) is 9.22. The van der Waals surface area contributed by atoms with E-state index in [1.54, 1.807) is 0 Å². The average molecular weight is 1490 g/mol. The molecule has 0 aliphatic carbocycles. The first kappa shape index (κ1) is 68.0. The van der Waals surface area contributed by atoms with E-state index in [0.29, 0.717) is 11.3 Å². The standard InChI is InChI=1S/C110H69BN6/c1-113-87-55-53-77(54-56-87)85-64-95(79-35-15-6-16-36-79)110(97(66-85)83-40-26-38-81(62-83)74-29-9-3-10-30-74)117-105-70-89(115-102-47-23-19-43-92(102)93-44-20-24-48-103(93)115)58-60-99(105)111-98-59-57-88(114-100-45-21-17-41-90(100)91-42-18-22-46-101(91)114)69-104(98)116(106-67-86(68-107(117)108(106)111)75-31-11-4-12-32-75)109-94(78-33-13-5-14-34-78)63-84(76-51-49-72(71-112)50-52-76)65-96(109)82-39-25-37-80(61-82)73-27-7-2-8-28-73/h2-70H. The van der Waals surface area contributed by atoms with Gasteiger partial charge in [0, 0.05) is 77.9 Å². The molecule has 2 aliphatic rings. The maximum atomic E-state index is 10.3. The molecule has 0 amide bonds. The summed E-state index contributed by atoms with van der Waals surface area (Å²) >= 11 is 0. The van der Waals surface area contributed by atoms with Crippen LogP contribution in [0.3, 0.4) is 0 Å². The topological polar surface area (TPSA) is 44.5 Å². The Morgan fingerprint density at radius 3 is 0.932 bits per heavy atom. The van der Waals surface area contributed by atoms with Gasteiger partial charge in [0.05, 0.1) is 51.6 Å². The van der Waals surface area contributed by atoms with Gasteiger partial charge in [0.2, 0.25) is 0 Å². The zero-order valence-corrected chi connectivity index (χ0v) is 63.6. The van der Waals surface area contributed by atoms with E-state index in [2.05, 4.69) is 424 Å². The van der Waals surface area contributed by atoms with Crippen molar-refractivity contribution in [1.82, 2.24) is 9.13 Å². The van der Waals surface area contributed by atoms with Gasteiger partial charge in [-0.05, 0) is 203 Å². The van der Waals surface area contributed by atoms with Gasteiger partial charge in [-0.1, -0.05) is 309 Å². The molecule has 20 aromatic rings. The van der Waals surface area contributed by atoms with Gasteiger partial charge in [-0.2, -0.15) is 5.26 Å². The highest BCUT2D eigenvalue weighted by atomic mass is 15.2. The van der Waals surface area contributed by atoms with E-state index >= 15 is 0 Å². The summed E-state index contributed by atoms with van der Waals surface area (Å²) in [5.74, 6) is 0. The number of hydrogen-bond acceptors (Lipinski definition) is 3. The summed E-state index contributed by atoms with van der Waals surface area (Å²) in [6, 6.07) is 156. The van der Waals surface area contributed by atoms with Gasteiger partial charge in [-0.15, -0.1) is 0 Å². The molecule has 2 aliphatic heterocycles. The minimum absolute atomic E-state index is 0.370. The third-order valence-corrected chi connectivity index (χ3v) is 23.9. The molecular weight excluding hydrogens is 1420 g/mol. The lowest BCUT2D eigenvalue weighted by atomic mass is 9.33. The molecule has 22 rings (SSSR count). The van der Waals surface area contributed by atoms with Crippen LogP contribution < -0.4 is 26.2 Å². The van der Waals surface area contributed by atoms with Crippen LogP contribution in [0, 0.1) is 17.9 Å². The van der Waals surface area contributed by atoms with Gasteiger partial charge in [0.1, 0.15) is 0 Å². The van der Waals surface area contributed by atoms with E-state index in [-0.39, 0.29) is 6.71 Å². The molecule has 6 nitrogen and oxygen atoms in total. The van der Waals surface area contributed by atoms with Crippen LogP contribution in [0.5, 0.6) is 0 Å². The largest absolute Gasteiger partial charge is 0.310 e. The summed E-state index contributed by atoms with van der Waals surface area (Å²) in [7, 11) is 0. The van der Waals surface area contributed by atoms with Gasteiger partial charge in [-0.3, -0.25) is 0 Å². The van der Waals surface area contributed by atoms with Crippen LogP contribution in [0.15, 0.2) is 419 Å². The fourth-order valence-electron chi connectivity index (χ4n) is 18.6. The van der Waals surface area contributed by atoms with E-state index in [1.165, 1.54) is 21.5 Å². The lowest BCUT2D eigenvalue weighted by molar-refractivity contribution is 1.17. The Bertz CT molecular complexity index is 6920. The molecule has 0 saturated heterocycles. The smallest absolute Gasteiger partial charge is 0.252 e. The van der Waals surface area contributed by atoms with Crippen molar-refractivity contribution in [3.8, 4) is 118 Å². The number of rotatable bonds is 13. The summed E-state index contributed by atoms with van der Waals surface area (Å²) in [5.41, 5.74) is 36.1. The van der Waals surface area contributed by atoms with Crippen LogP contribution in [-0.2, 0) is 0 Å². The fraction of sp³-hybridized carbons (Fsp3) is 0. The van der Waals surface area contributed by atoms with Gasteiger partial charge in [0.15, 0.2) is 5.69 Å². The summed E-state index contributed by atoms with van der Waals surface area (Å²) < 4.78 is 4.94. The molecule has 0 radical (unpaired) electrons. The molecule has 7 heteroatoms. The molecule has 0 spiro atoms. The van der Waals surface area contributed by atoms with Crippen LogP contribution in [0.4, 0.5) is 39.8 Å². The molecule has 117 heavy (non-hydrogen) atoms. The molecule has 542 valence electrons. The van der Waals surface area contributed by atoms with Crippen molar-refractivity contribution in [1.29, 1.82) is 5.26 Å². The zero-order valence-electron chi connectivity index (χ0n) is 63.6. The molecule has 0 unspecified atom stereocenters. The van der Waals surface area contributed by atoms with E-state index in [9.17, 15) is 5.26 Å². The molecular formula is C110H69BN6. The number of para-hydroxylation sites is 4. The Hall–Kier alpha value is -15.8. The minimum Gasteiger partial charge on any atom is -0.310 e. The lowest BCUT2D eigenvalue weighted by Gasteiger charge is -2.46. The highest BCUT2D eigenvalue weighted by molar-refractivity contribution is 7.00. The monoisotopic (exact) mass is 1480 g/mol. The molecule has 18 aromatic carbocycles. The van der Waals surface area contributed by atoms with Crippen molar-refractivity contribution >= 4 is 107 Å². The third-order valence-electron chi connectivity index (χ3n) is 23.9. The molecule has 0 fully saturated rings. The Morgan fingerprint density at radius 1 is 0.248 bits per heavy atom. The number of fused-ring (bicyclic) bond motifs is 10. The van der Waals surface area contributed by atoms with Crippen LogP contribution >= 0.6 is 0 Å². The maximum Gasteiger partial charge on any atom is 0.252 e. The average Bonchev–Trinajstić information content (AvgIpc) is 1.02. The summed E-state index contributed by atoms with van der Waals surface area (Å²) in [5, 5.41) is 15.1. The summed E-state index contributed by atoms with van der Waals surface area (Å²) in [6.45, 7) is 7.74. The number of anilines is 6. The van der Waals surface area contributed by atoms with Gasteiger partial charge < -0.3 is 18.9 Å². The molecule has 2 aromatic heterocycles. The Balaban J connectivity index is 0.928. The van der Waals surface area contributed by atoms with Gasteiger partial charge in [-0.25, -0.2) is 4.85 Å². The van der Waals surface area contributed by atoms with Crippen LogP contribution in [0.1, 0.15) is 5.56 Å². The first-order valence-corrected chi connectivity index (χ1v) is 39.8. The minimum atomic E-state index is -0.370. The molecule has 4 heterocycles. The van der Waals surface area contributed by atoms with Crippen molar-refractivity contribution in [2.75, 3.05) is 9.80 Å². The summed E-state index contributed by atoms with van der Waals surface area (Å²) in [6.07, 6.45) is 0. The van der Waals surface area contributed by atoms with Crippen LogP contribution in [0.2, 0.25) is 0 Å². The number of benzene rings is 18. The van der Waals surface area contributed by atoms with Crippen LogP contribution in [-0.4, -0.2) is 15.8 Å². The number of nitrogens with zero attached hydrogens (tertiary/aromatic N) is 6. The zero-order chi connectivity index (χ0) is 77.6. The van der Waals surface area contributed by atoms with Crippen molar-refractivity contribution in [3.05, 3.63) is 436 Å². The molecule has 0 atom stereocenters. The molecule has 0 N–H and O–H groups in total. The number of nitriles is 1. The molecule has 0 saturated carbocycles. The van der Waals surface area contributed by atoms with E-state index in [0.717, 1.165) is 184 Å². The number of aromatic nitrogens is 2. The Labute approximate surface area is 679 Å². The predicted octanol–water partition coefficient (Wildman–Crippen LogP) is 27.4. The van der Waals surface area contributed by atoms with Crippen molar-refractivity contribution in [3.63, 3.8) is 0 Å². The van der Waals surface area contributed by atoms with E-state index in [1.807, 2.05) is 24.3 Å². The highest BCUT2D eigenvalue weighted by Gasteiger charge is 2.46. The van der Waals surface area contributed by atoms with Crippen molar-refractivity contribution in [2.45, 2.75) is 0 Å². The second-order valence-electron chi connectivity index (χ2n) is 30.4. The first-order chi connectivity index (χ1) is 57.9. The second-order valence-corrected chi connectivity index (χ2v) is 30.4. The number of hydrogen-bond donors (Lipinski definition) is 0. The maximum absolute atomic E-state index is 10.3. The first-order valence-electron chi connectivity index (χ1n) is 39.8. The normalized spacial score (nSPS) is 12.0.